The number of nitrogens with zero attached hydrogens (tertiary/aromatic N) is 3. The van der Waals surface area contributed by atoms with Crippen LogP contribution in [-0.2, 0) is 16.0 Å². The summed E-state index contributed by atoms with van der Waals surface area (Å²) in [5.41, 5.74) is 6.17. The third-order valence-electron chi connectivity index (χ3n) is 7.04. The molecular weight excluding hydrogens is 474 g/mol. The fourth-order valence-electron chi connectivity index (χ4n) is 4.60. The van der Waals surface area contributed by atoms with Crippen molar-refractivity contribution in [2.45, 2.75) is 46.1 Å². The van der Waals surface area contributed by atoms with Gasteiger partial charge >= 0.3 is 0 Å². The van der Waals surface area contributed by atoms with Gasteiger partial charge in [0.15, 0.2) is 0 Å². The van der Waals surface area contributed by atoms with Crippen molar-refractivity contribution in [3.05, 3.63) is 89.8 Å². The van der Waals surface area contributed by atoms with Crippen molar-refractivity contribution in [2.24, 2.45) is 0 Å². The Bertz CT molecular complexity index is 1390. The van der Waals surface area contributed by atoms with E-state index in [-0.39, 0.29) is 11.8 Å². The van der Waals surface area contributed by atoms with Gasteiger partial charge in [-0.05, 0) is 74.6 Å². The number of amides is 2. The summed E-state index contributed by atoms with van der Waals surface area (Å²) < 4.78 is 0. The molecule has 0 radical (unpaired) electrons. The zero-order valence-electron chi connectivity index (χ0n) is 22.8. The molecule has 38 heavy (non-hydrogen) atoms. The second-order valence-corrected chi connectivity index (χ2v) is 9.91. The van der Waals surface area contributed by atoms with E-state index in [1.54, 1.807) is 4.90 Å². The minimum absolute atomic E-state index is 0.0221. The molecule has 2 aromatic heterocycles. The number of likely N-dealkylation sites (tertiary alicyclic amines) is 1. The van der Waals surface area contributed by atoms with E-state index in [1.807, 2.05) is 81.6 Å². The first-order valence-corrected chi connectivity index (χ1v) is 13.2. The molecular formula is C31H37N5O2. The number of benzene rings is 1. The SMILES string of the molecule is C=C(C)C(=CC=C(C)c1cc2nc(N(C)CC)ccc2[nH]1)NC(=O)C1CCCN1C(=O)Cc1ccccc1. The van der Waals surface area contributed by atoms with E-state index in [0.29, 0.717) is 25.1 Å². The number of hydrogen-bond donors (Lipinski definition) is 2. The second-order valence-electron chi connectivity index (χ2n) is 9.91. The Morgan fingerprint density at radius 3 is 2.66 bits per heavy atom. The number of carbonyl (C=O) groups excluding carboxylic acids is 2. The van der Waals surface area contributed by atoms with Gasteiger partial charge in [0.2, 0.25) is 11.8 Å². The maximum atomic E-state index is 13.2. The molecule has 0 aliphatic carbocycles. The van der Waals surface area contributed by atoms with E-state index in [9.17, 15) is 9.59 Å². The highest BCUT2D eigenvalue weighted by atomic mass is 16.2. The minimum atomic E-state index is -0.478. The summed E-state index contributed by atoms with van der Waals surface area (Å²) >= 11 is 0. The largest absolute Gasteiger partial charge is 0.360 e. The summed E-state index contributed by atoms with van der Waals surface area (Å²) in [7, 11) is 2.02. The third kappa shape index (κ3) is 6.22. The number of aromatic nitrogens is 2. The molecule has 0 saturated carbocycles. The number of anilines is 1. The highest BCUT2D eigenvalue weighted by Gasteiger charge is 2.34. The van der Waals surface area contributed by atoms with Crippen LogP contribution in [0.5, 0.6) is 0 Å². The average Bonchev–Trinajstić information content (AvgIpc) is 3.58. The van der Waals surface area contributed by atoms with E-state index in [0.717, 1.165) is 52.2 Å². The average molecular weight is 512 g/mol. The summed E-state index contributed by atoms with van der Waals surface area (Å²) in [6.45, 7) is 11.5. The number of pyridine rings is 1. The number of allylic oxidation sites excluding steroid dienone is 4. The van der Waals surface area contributed by atoms with Crippen LogP contribution in [0.1, 0.15) is 44.9 Å². The van der Waals surface area contributed by atoms with Crippen molar-refractivity contribution in [1.29, 1.82) is 0 Å². The van der Waals surface area contributed by atoms with Crippen LogP contribution in [0.4, 0.5) is 5.82 Å². The van der Waals surface area contributed by atoms with Gasteiger partial charge in [-0.3, -0.25) is 9.59 Å². The normalized spacial score (nSPS) is 16.1. The lowest BCUT2D eigenvalue weighted by atomic mass is 10.1. The van der Waals surface area contributed by atoms with Gasteiger partial charge in [0.25, 0.3) is 0 Å². The molecule has 7 nitrogen and oxygen atoms in total. The van der Waals surface area contributed by atoms with Gasteiger partial charge in [0, 0.05) is 31.5 Å². The highest BCUT2D eigenvalue weighted by Crippen LogP contribution is 2.23. The number of rotatable bonds is 9. The lowest BCUT2D eigenvalue weighted by molar-refractivity contribution is -0.137. The number of aromatic amines is 1. The predicted molar refractivity (Wildman–Crippen MR) is 155 cm³/mol. The number of nitrogens with one attached hydrogen (secondary N) is 2. The summed E-state index contributed by atoms with van der Waals surface area (Å²) in [5.74, 6) is 0.736. The number of fused-ring (bicyclic) bond motifs is 1. The number of H-pyrrole nitrogens is 1. The maximum Gasteiger partial charge on any atom is 0.247 e. The van der Waals surface area contributed by atoms with Gasteiger partial charge in [-0.15, -0.1) is 0 Å². The maximum absolute atomic E-state index is 13.2. The zero-order chi connectivity index (χ0) is 27.2. The molecule has 1 unspecified atom stereocenters. The van der Waals surface area contributed by atoms with E-state index >= 15 is 0 Å². The molecule has 1 fully saturated rings. The van der Waals surface area contributed by atoms with Crippen molar-refractivity contribution >= 4 is 34.2 Å². The van der Waals surface area contributed by atoms with Crippen LogP contribution in [0.15, 0.2) is 78.5 Å². The van der Waals surface area contributed by atoms with Gasteiger partial charge in [-0.1, -0.05) is 43.0 Å². The van der Waals surface area contributed by atoms with Gasteiger partial charge in [-0.2, -0.15) is 0 Å². The Morgan fingerprint density at radius 2 is 1.95 bits per heavy atom. The van der Waals surface area contributed by atoms with Crippen LogP contribution < -0.4 is 10.2 Å². The van der Waals surface area contributed by atoms with Crippen molar-refractivity contribution < 1.29 is 9.59 Å². The lowest BCUT2D eigenvalue weighted by Gasteiger charge is -2.24. The molecule has 2 amide bonds. The molecule has 7 heteroatoms. The first-order valence-electron chi connectivity index (χ1n) is 13.2. The zero-order valence-corrected chi connectivity index (χ0v) is 22.8. The molecule has 1 aliphatic heterocycles. The minimum Gasteiger partial charge on any atom is -0.360 e. The van der Waals surface area contributed by atoms with Crippen LogP contribution in [0.3, 0.4) is 0 Å². The molecule has 2 N–H and O–H groups in total. The van der Waals surface area contributed by atoms with E-state index in [2.05, 4.69) is 28.7 Å². The Hall–Kier alpha value is -4.13. The number of hydrogen-bond acceptors (Lipinski definition) is 4. The summed E-state index contributed by atoms with van der Waals surface area (Å²) in [6.07, 6.45) is 5.60. The first kappa shape index (κ1) is 26.9. The fourth-order valence-corrected chi connectivity index (χ4v) is 4.60. The van der Waals surface area contributed by atoms with Crippen LogP contribution in [0, 0.1) is 0 Å². The molecule has 198 valence electrons. The van der Waals surface area contributed by atoms with Crippen molar-refractivity contribution in [2.75, 3.05) is 25.0 Å². The molecule has 0 spiro atoms. The van der Waals surface area contributed by atoms with Gasteiger partial charge in [-0.25, -0.2) is 4.98 Å². The predicted octanol–water partition coefficient (Wildman–Crippen LogP) is 5.23. The third-order valence-corrected chi connectivity index (χ3v) is 7.04. The Morgan fingerprint density at radius 1 is 1.18 bits per heavy atom. The van der Waals surface area contributed by atoms with E-state index < -0.39 is 6.04 Å². The molecule has 0 bridgehead atoms. The van der Waals surface area contributed by atoms with Crippen LogP contribution in [0.25, 0.3) is 16.6 Å². The van der Waals surface area contributed by atoms with E-state index in [4.69, 9.17) is 4.98 Å². The van der Waals surface area contributed by atoms with Crippen LogP contribution >= 0.6 is 0 Å². The fraction of sp³-hybridized carbons (Fsp3) is 0.323. The van der Waals surface area contributed by atoms with Crippen molar-refractivity contribution in [3.8, 4) is 0 Å². The van der Waals surface area contributed by atoms with Crippen molar-refractivity contribution in [3.63, 3.8) is 0 Å². The van der Waals surface area contributed by atoms with E-state index in [1.165, 1.54) is 0 Å². The summed E-state index contributed by atoms with van der Waals surface area (Å²) in [5, 5.41) is 3.02. The highest BCUT2D eigenvalue weighted by molar-refractivity contribution is 5.90. The smallest absolute Gasteiger partial charge is 0.247 e. The molecule has 1 aromatic carbocycles. The molecule has 1 saturated heterocycles. The van der Waals surface area contributed by atoms with Crippen LogP contribution in [0.2, 0.25) is 0 Å². The van der Waals surface area contributed by atoms with Gasteiger partial charge < -0.3 is 20.1 Å². The number of carbonyl (C=O) groups is 2. The summed E-state index contributed by atoms with van der Waals surface area (Å²) in [6, 6.07) is 15.3. The Kier molecular flexibility index (Phi) is 8.46. The summed E-state index contributed by atoms with van der Waals surface area (Å²) in [4.78, 5) is 38.2. The van der Waals surface area contributed by atoms with Gasteiger partial charge in [0.05, 0.1) is 17.5 Å². The van der Waals surface area contributed by atoms with Gasteiger partial charge in [0.1, 0.15) is 11.9 Å². The molecule has 1 aliphatic rings. The Labute approximate surface area is 224 Å². The molecule has 4 rings (SSSR count). The second kappa shape index (κ2) is 11.9. The molecule has 3 heterocycles. The first-order chi connectivity index (χ1) is 18.3. The monoisotopic (exact) mass is 511 g/mol. The molecule has 1 atom stereocenters. The quantitative estimate of drug-likeness (QED) is 0.386. The van der Waals surface area contributed by atoms with Crippen molar-refractivity contribution in [1.82, 2.24) is 20.2 Å². The topological polar surface area (TPSA) is 81.3 Å². The lowest BCUT2D eigenvalue weighted by Crippen LogP contribution is -2.46. The standard InChI is InChI=1S/C31H37N5O2/c1-6-35(5)29-17-16-25-27(33-29)20-26(32-25)22(4)14-15-24(21(2)3)34-31(38)28-13-10-18-36(28)30(37)19-23-11-8-7-9-12-23/h7-9,11-12,14-17,20,28,32H,2,6,10,13,18-19H2,1,3-5H3,(H,34,38). The molecule has 3 aromatic rings. The van der Waals surface area contributed by atoms with Crippen LogP contribution in [-0.4, -0.2) is 52.9 Å². The Balaban J connectivity index is 1.47.